The van der Waals surface area contributed by atoms with Crippen molar-refractivity contribution in [1.29, 1.82) is 0 Å². The lowest BCUT2D eigenvalue weighted by molar-refractivity contribution is -0.122. The first-order valence-electron chi connectivity index (χ1n) is 8.64. The largest absolute Gasteiger partial charge is 0.322 e. The molecule has 1 aliphatic heterocycles. The third-order valence-corrected chi connectivity index (χ3v) is 4.93. The number of allylic oxidation sites excluding steroid dienone is 2. The van der Waals surface area contributed by atoms with E-state index in [0.29, 0.717) is 29.8 Å². The third kappa shape index (κ3) is 2.81. The van der Waals surface area contributed by atoms with Gasteiger partial charge in [-0.3, -0.25) is 19.3 Å². The molecule has 4 rings (SSSR count). The number of fused-ring (bicyclic) bond motifs is 1. The number of anilines is 2. The van der Waals surface area contributed by atoms with E-state index in [2.05, 4.69) is 5.32 Å². The fraction of sp³-hybridized carbons (Fsp3) is 0.190. The van der Waals surface area contributed by atoms with Gasteiger partial charge in [0.15, 0.2) is 0 Å². The second kappa shape index (κ2) is 6.59. The number of para-hydroxylation sites is 1. The van der Waals surface area contributed by atoms with Crippen molar-refractivity contribution in [3.63, 3.8) is 0 Å². The number of benzene rings is 2. The van der Waals surface area contributed by atoms with Gasteiger partial charge in [0.1, 0.15) is 0 Å². The zero-order chi connectivity index (χ0) is 18.1. The molecule has 2 aliphatic rings. The van der Waals surface area contributed by atoms with Gasteiger partial charge in [-0.25, -0.2) is 0 Å². The van der Waals surface area contributed by atoms with Crippen LogP contribution in [0.2, 0.25) is 0 Å². The smallest absolute Gasteiger partial charge is 0.255 e. The highest BCUT2D eigenvalue weighted by Crippen LogP contribution is 2.37. The molecule has 0 radical (unpaired) electrons. The first kappa shape index (κ1) is 16.3. The SMILES string of the molecule is O=C(Nc1ccccc1)c1ccc(N2C(=O)C3CC=CCC3C2=O)cc1. The molecule has 2 unspecified atom stereocenters. The van der Waals surface area contributed by atoms with Gasteiger partial charge in [0.25, 0.3) is 5.91 Å². The van der Waals surface area contributed by atoms with E-state index in [9.17, 15) is 14.4 Å². The summed E-state index contributed by atoms with van der Waals surface area (Å²) in [5.41, 5.74) is 1.70. The van der Waals surface area contributed by atoms with Crippen LogP contribution in [0.1, 0.15) is 23.2 Å². The van der Waals surface area contributed by atoms with Gasteiger partial charge in [0, 0.05) is 11.3 Å². The van der Waals surface area contributed by atoms with Crippen molar-refractivity contribution in [2.45, 2.75) is 12.8 Å². The number of nitrogens with one attached hydrogen (secondary N) is 1. The van der Waals surface area contributed by atoms with Crippen LogP contribution >= 0.6 is 0 Å². The highest BCUT2D eigenvalue weighted by molar-refractivity contribution is 6.22. The molecule has 1 saturated heterocycles. The summed E-state index contributed by atoms with van der Waals surface area (Å²) in [7, 11) is 0. The Bertz CT molecular complexity index is 861. The van der Waals surface area contributed by atoms with Crippen molar-refractivity contribution in [1.82, 2.24) is 0 Å². The van der Waals surface area contributed by atoms with Crippen LogP contribution in [-0.2, 0) is 9.59 Å². The van der Waals surface area contributed by atoms with Crippen molar-refractivity contribution in [2.24, 2.45) is 11.8 Å². The van der Waals surface area contributed by atoms with E-state index in [-0.39, 0.29) is 29.6 Å². The second-order valence-corrected chi connectivity index (χ2v) is 6.53. The normalized spacial score (nSPS) is 21.6. The summed E-state index contributed by atoms with van der Waals surface area (Å²) in [4.78, 5) is 38.8. The average molecular weight is 346 g/mol. The van der Waals surface area contributed by atoms with Gasteiger partial charge in [-0.05, 0) is 49.2 Å². The lowest BCUT2D eigenvalue weighted by atomic mass is 9.85. The Morgan fingerprint density at radius 3 is 2.00 bits per heavy atom. The zero-order valence-electron chi connectivity index (χ0n) is 14.1. The lowest BCUT2D eigenvalue weighted by Gasteiger charge is -2.15. The monoisotopic (exact) mass is 346 g/mol. The number of carbonyl (C=O) groups is 3. The van der Waals surface area contributed by atoms with E-state index >= 15 is 0 Å². The molecule has 1 N–H and O–H groups in total. The molecule has 5 heteroatoms. The molecular weight excluding hydrogens is 328 g/mol. The molecule has 2 atom stereocenters. The Hall–Kier alpha value is -3.21. The van der Waals surface area contributed by atoms with Crippen molar-refractivity contribution < 1.29 is 14.4 Å². The van der Waals surface area contributed by atoms with Crippen LogP contribution < -0.4 is 10.2 Å². The van der Waals surface area contributed by atoms with Crippen molar-refractivity contribution in [3.8, 4) is 0 Å². The minimum atomic E-state index is -0.256. The minimum absolute atomic E-state index is 0.147. The van der Waals surface area contributed by atoms with Crippen LogP contribution in [0, 0.1) is 11.8 Å². The number of hydrogen-bond donors (Lipinski definition) is 1. The van der Waals surface area contributed by atoms with Gasteiger partial charge in [-0.15, -0.1) is 0 Å². The Kier molecular flexibility index (Phi) is 4.13. The maximum atomic E-state index is 12.6. The van der Waals surface area contributed by atoms with E-state index in [0.717, 1.165) is 0 Å². The molecule has 0 spiro atoms. The van der Waals surface area contributed by atoms with Gasteiger partial charge in [-0.2, -0.15) is 0 Å². The summed E-state index contributed by atoms with van der Waals surface area (Å²) in [6.07, 6.45) is 5.16. The highest BCUT2D eigenvalue weighted by Gasteiger charge is 2.47. The van der Waals surface area contributed by atoms with Crippen LogP contribution in [0.25, 0.3) is 0 Å². The van der Waals surface area contributed by atoms with E-state index in [4.69, 9.17) is 0 Å². The predicted octanol–water partition coefficient (Wildman–Crippen LogP) is 3.39. The average Bonchev–Trinajstić information content (AvgIpc) is 2.94. The second-order valence-electron chi connectivity index (χ2n) is 6.53. The topological polar surface area (TPSA) is 66.5 Å². The first-order valence-corrected chi connectivity index (χ1v) is 8.64. The number of nitrogens with zero attached hydrogens (tertiary/aromatic N) is 1. The van der Waals surface area contributed by atoms with Crippen molar-refractivity contribution in [3.05, 3.63) is 72.3 Å². The molecule has 1 aliphatic carbocycles. The summed E-state index contributed by atoms with van der Waals surface area (Å²) in [6, 6.07) is 15.8. The van der Waals surface area contributed by atoms with E-state index in [1.807, 2.05) is 42.5 Å². The number of hydrogen-bond acceptors (Lipinski definition) is 3. The van der Waals surface area contributed by atoms with Gasteiger partial charge in [0.05, 0.1) is 17.5 Å². The Balaban J connectivity index is 1.52. The van der Waals surface area contributed by atoms with Crippen LogP contribution in [0.4, 0.5) is 11.4 Å². The van der Waals surface area contributed by atoms with Crippen LogP contribution in [-0.4, -0.2) is 17.7 Å². The molecule has 26 heavy (non-hydrogen) atoms. The highest BCUT2D eigenvalue weighted by atomic mass is 16.2. The van der Waals surface area contributed by atoms with Crippen LogP contribution in [0.3, 0.4) is 0 Å². The molecular formula is C21H18N2O3. The summed E-state index contributed by atoms with van der Waals surface area (Å²) in [5, 5.41) is 2.81. The Morgan fingerprint density at radius 1 is 0.846 bits per heavy atom. The summed E-state index contributed by atoms with van der Waals surface area (Å²) < 4.78 is 0. The van der Waals surface area contributed by atoms with Crippen LogP contribution in [0.15, 0.2) is 66.7 Å². The summed E-state index contributed by atoms with van der Waals surface area (Å²) in [6.45, 7) is 0. The Labute approximate surface area is 151 Å². The molecule has 2 aromatic carbocycles. The maximum Gasteiger partial charge on any atom is 0.255 e. The van der Waals surface area contributed by atoms with E-state index in [1.54, 1.807) is 24.3 Å². The maximum absolute atomic E-state index is 12.6. The molecule has 5 nitrogen and oxygen atoms in total. The molecule has 0 aromatic heterocycles. The molecule has 130 valence electrons. The molecule has 1 heterocycles. The fourth-order valence-electron chi connectivity index (χ4n) is 3.54. The lowest BCUT2D eigenvalue weighted by Crippen LogP contribution is -2.30. The number of imide groups is 1. The summed E-state index contributed by atoms with van der Waals surface area (Å²) in [5.74, 6) is -1.04. The molecule has 1 fully saturated rings. The minimum Gasteiger partial charge on any atom is -0.322 e. The number of amides is 3. The fourth-order valence-corrected chi connectivity index (χ4v) is 3.54. The van der Waals surface area contributed by atoms with Gasteiger partial charge >= 0.3 is 0 Å². The Morgan fingerprint density at radius 2 is 1.42 bits per heavy atom. The van der Waals surface area contributed by atoms with Gasteiger partial charge in [-0.1, -0.05) is 30.4 Å². The summed E-state index contributed by atoms with van der Waals surface area (Å²) >= 11 is 0. The zero-order valence-corrected chi connectivity index (χ0v) is 14.1. The quantitative estimate of drug-likeness (QED) is 0.684. The van der Waals surface area contributed by atoms with E-state index < -0.39 is 0 Å². The first-order chi connectivity index (χ1) is 12.6. The molecule has 0 saturated carbocycles. The van der Waals surface area contributed by atoms with Gasteiger partial charge in [0.2, 0.25) is 11.8 Å². The van der Waals surface area contributed by atoms with Crippen molar-refractivity contribution in [2.75, 3.05) is 10.2 Å². The number of carbonyl (C=O) groups excluding carboxylic acids is 3. The molecule has 3 amide bonds. The number of rotatable bonds is 3. The predicted molar refractivity (Wildman–Crippen MR) is 98.7 cm³/mol. The van der Waals surface area contributed by atoms with Crippen molar-refractivity contribution >= 4 is 29.1 Å². The van der Waals surface area contributed by atoms with E-state index in [1.165, 1.54) is 4.90 Å². The third-order valence-electron chi connectivity index (χ3n) is 4.93. The standard InChI is InChI=1S/C21H18N2O3/c24-19(22-15-6-2-1-3-7-15)14-10-12-16(13-11-14)23-20(25)17-8-4-5-9-18(17)21(23)26/h1-7,10-13,17-18H,8-9H2,(H,22,24). The van der Waals surface area contributed by atoms with Crippen LogP contribution in [0.5, 0.6) is 0 Å². The molecule has 0 bridgehead atoms. The molecule has 2 aromatic rings. The van der Waals surface area contributed by atoms with Gasteiger partial charge < -0.3 is 5.32 Å².